The van der Waals surface area contributed by atoms with Gasteiger partial charge in [-0.2, -0.15) is 0 Å². The van der Waals surface area contributed by atoms with Crippen LogP contribution in [0.15, 0.2) is 85.1 Å². The number of rotatable bonds is 45. The van der Waals surface area contributed by atoms with Gasteiger partial charge in [0.2, 0.25) is 5.91 Å². The molecule has 9 heteroatoms. The van der Waals surface area contributed by atoms with E-state index in [0.29, 0.717) is 23.9 Å². The molecule has 0 bridgehead atoms. The van der Waals surface area contributed by atoms with E-state index in [4.69, 9.17) is 9.05 Å². The first-order chi connectivity index (χ1) is 30.5. The first kappa shape index (κ1) is 60.7. The van der Waals surface area contributed by atoms with Crippen molar-refractivity contribution in [2.45, 2.75) is 212 Å². The Morgan fingerprint density at radius 3 is 1.35 bits per heavy atom. The number of phosphoric acid groups is 1. The lowest BCUT2D eigenvalue weighted by molar-refractivity contribution is -0.870. The molecule has 0 rings (SSSR count). The predicted octanol–water partition coefficient (Wildman–Crippen LogP) is 14.3. The number of aliphatic hydroxyl groups excluding tert-OH is 1. The Bertz CT molecular complexity index is 1300. The second kappa shape index (κ2) is 44.9. The van der Waals surface area contributed by atoms with Gasteiger partial charge in [-0.05, 0) is 64.2 Å². The van der Waals surface area contributed by atoms with E-state index >= 15 is 0 Å². The van der Waals surface area contributed by atoms with E-state index in [1.165, 1.54) is 96.3 Å². The van der Waals surface area contributed by atoms with Gasteiger partial charge in [0.05, 0.1) is 39.9 Å². The molecular weight excluding hydrogens is 804 g/mol. The first-order valence-corrected chi connectivity index (χ1v) is 26.9. The van der Waals surface area contributed by atoms with Crippen molar-refractivity contribution in [3.8, 4) is 0 Å². The molecule has 3 unspecified atom stereocenters. The Morgan fingerprint density at radius 2 is 0.952 bits per heavy atom. The monoisotopic (exact) mass is 901 g/mol. The van der Waals surface area contributed by atoms with Crippen LogP contribution in [0.4, 0.5) is 0 Å². The largest absolute Gasteiger partial charge is 0.756 e. The molecule has 1 amide bonds. The molecule has 2 N–H and O–H groups in total. The van der Waals surface area contributed by atoms with Crippen LogP contribution in [0.2, 0.25) is 0 Å². The third-order valence-electron chi connectivity index (χ3n) is 10.9. The van der Waals surface area contributed by atoms with Crippen LogP contribution < -0.4 is 10.2 Å². The molecule has 0 aromatic rings. The lowest BCUT2D eigenvalue weighted by atomic mass is 10.0. The number of carbonyl (C=O) groups is 1. The number of aliphatic hydroxyl groups is 1. The van der Waals surface area contributed by atoms with Crippen molar-refractivity contribution in [2.24, 2.45) is 0 Å². The zero-order valence-electron chi connectivity index (χ0n) is 41.2. The van der Waals surface area contributed by atoms with Crippen LogP contribution in [-0.4, -0.2) is 68.5 Å². The van der Waals surface area contributed by atoms with Gasteiger partial charge < -0.3 is 28.8 Å². The highest BCUT2D eigenvalue weighted by Crippen LogP contribution is 2.38. The second-order valence-corrected chi connectivity index (χ2v) is 19.6. The third-order valence-corrected chi connectivity index (χ3v) is 11.9. The SMILES string of the molecule is CC/C=C\C/C=C\C/C=C\C/C=C\C/C=C\C/C=C\C/C=C\CCCC(=O)NC(COP(=O)([O-])OCC[N+](C)(C)C)C(O)CCCCCCCCCCCCCCCCCCCC. The minimum Gasteiger partial charge on any atom is -0.756 e. The summed E-state index contributed by atoms with van der Waals surface area (Å²) in [5.41, 5.74) is 0. The van der Waals surface area contributed by atoms with E-state index < -0.39 is 20.0 Å². The van der Waals surface area contributed by atoms with Crippen molar-refractivity contribution in [1.82, 2.24) is 5.32 Å². The van der Waals surface area contributed by atoms with Gasteiger partial charge in [0.15, 0.2) is 0 Å². The number of unbranched alkanes of at least 4 members (excludes halogenated alkanes) is 18. The van der Waals surface area contributed by atoms with E-state index in [0.717, 1.165) is 70.6 Å². The van der Waals surface area contributed by atoms with E-state index in [9.17, 15) is 19.4 Å². The standard InChI is InChI=1S/C54H97N2O6P/c1-6-8-10-12-14-16-18-20-22-24-26-27-28-29-30-32-34-36-38-40-42-44-46-48-54(58)55-52(51-62-63(59,60)61-50-49-56(3,4)5)53(57)47-45-43-41-39-37-35-33-31-25-23-21-19-17-15-13-11-9-7-2/h8,10,14,16,20,22,26-27,29-30,34,36,40,42,52-53,57H,6-7,9,11-13,15,17-19,21,23-25,28,31-33,35,37-39,41,43-51H2,1-5H3,(H-,55,58,59,60)/b10-8-,16-14-,22-20-,27-26-,30-29-,36-34-,42-40-. The van der Waals surface area contributed by atoms with Gasteiger partial charge in [0.1, 0.15) is 13.2 Å². The molecule has 3 atom stereocenters. The van der Waals surface area contributed by atoms with E-state index in [2.05, 4.69) is 104 Å². The summed E-state index contributed by atoms with van der Waals surface area (Å²) in [7, 11) is 1.26. The van der Waals surface area contributed by atoms with E-state index in [1.807, 2.05) is 21.1 Å². The van der Waals surface area contributed by atoms with E-state index in [-0.39, 0.29) is 25.5 Å². The lowest BCUT2D eigenvalue weighted by Gasteiger charge is -2.30. The number of carbonyl (C=O) groups excluding carboxylic acids is 1. The lowest BCUT2D eigenvalue weighted by Crippen LogP contribution is -2.46. The van der Waals surface area contributed by atoms with Crippen LogP contribution in [0.5, 0.6) is 0 Å². The number of phosphoric ester groups is 1. The zero-order chi connectivity index (χ0) is 46.4. The van der Waals surface area contributed by atoms with Gasteiger partial charge in [0, 0.05) is 6.42 Å². The summed E-state index contributed by atoms with van der Waals surface area (Å²) in [5, 5.41) is 13.9. The Hall–Kier alpha value is -2.32. The molecular formula is C54H97N2O6P. The Kier molecular flexibility index (Phi) is 43.2. The number of hydrogen-bond donors (Lipinski definition) is 2. The van der Waals surface area contributed by atoms with Gasteiger partial charge in [-0.1, -0.05) is 214 Å². The molecule has 0 aromatic heterocycles. The zero-order valence-corrected chi connectivity index (χ0v) is 42.1. The van der Waals surface area contributed by atoms with Crippen molar-refractivity contribution in [3.63, 3.8) is 0 Å². The fourth-order valence-corrected chi connectivity index (χ4v) is 7.63. The molecule has 0 aliphatic carbocycles. The number of nitrogens with one attached hydrogen (secondary N) is 1. The fourth-order valence-electron chi connectivity index (χ4n) is 6.91. The molecule has 0 spiro atoms. The van der Waals surface area contributed by atoms with Crippen molar-refractivity contribution in [3.05, 3.63) is 85.1 Å². The minimum atomic E-state index is -4.59. The van der Waals surface area contributed by atoms with E-state index in [1.54, 1.807) is 0 Å². The topological polar surface area (TPSA) is 108 Å². The molecule has 63 heavy (non-hydrogen) atoms. The smallest absolute Gasteiger partial charge is 0.268 e. The number of quaternary nitrogens is 1. The molecule has 0 heterocycles. The van der Waals surface area contributed by atoms with Crippen molar-refractivity contribution in [1.29, 1.82) is 0 Å². The number of amides is 1. The Balaban J connectivity index is 4.41. The average Bonchev–Trinajstić information content (AvgIpc) is 3.24. The minimum absolute atomic E-state index is 0.00320. The second-order valence-electron chi connectivity index (χ2n) is 18.1. The maximum atomic E-state index is 12.9. The molecule has 0 fully saturated rings. The van der Waals surface area contributed by atoms with Crippen LogP contribution in [0.25, 0.3) is 0 Å². The normalized spacial score (nSPS) is 14.8. The highest BCUT2D eigenvalue weighted by molar-refractivity contribution is 7.45. The summed E-state index contributed by atoms with van der Waals surface area (Å²) < 4.78 is 23.3. The molecule has 364 valence electrons. The molecule has 8 nitrogen and oxygen atoms in total. The highest BCUT2D eigenvalue weighted by Gasteiger charge is 2.24. The average molecular weight is 901 g/mol. The maximum absolute atomic E-state index is 12.9. The highest BCUT2D eigenvalue weighted by atomic mass is 31.2. The van der Waals surface area contributed by atoms with Crippen molar-refractivity contribution >= 4 is 13.7 Å². The molecule has 0 saturated carbocycles. The quantitative estimate of drug-likeness (QED) is 0.0273. The van der Waals surface area contributed by atoms with Crippen LogP contribution in [0.1, 0.15) is 200 Å². The van der Waals surface area contributed by atoms with Gasteiger partial charge in [-0.25, -0.2) is 0 Å². The molecule has 0 aromatic carbocycles. The van der Waals surface area contributed by atoms with Gasteiger partial charge in [-0.3, -0.25) is 9.36 Å². The van der Waals surface area contributed by atoms with Crippen LogP contribution in [0, 0.1) is 0 Å². The first-order valence-electron chi connectivity index (χ1n) is 25.4. The summed E-state index contributed by atoms with van der Waals surface area (Å²) in [6, 6.07) is -0.837. The summed E-state index contributed by atoms with van der Waals surface area (Å²) in [6.45, 7) is 4.56. The summed E-state index contributed by atoms with van der Waals surface area (Å²) in [4.78, 5) is 25.4. The van der Waals surface area contributed by atoms with Crippen molar-refractivity contribution in [2.75, 3.05) is 40.9 Å². The van der Waals surface area contributed by atoms with Crippen LogP contribution >= 0.6 is 7.82 Å². The molecule has 0 saturated heterocycles. The van der Waals surface area contributed by atoms with Gasteiger partial charge in [0.25, 0.3) is 7.82 Å². The maximum Gasteiger partial charge on any atom is 0.268 e. The summed E-state index contributed by atoms with van der Waals surface area (Å²) in [6.07, 6.45) is 61.7. The predicted molar refractivity (Wildman–Crippen MR) is 270 cm³/mol. The van der Waals surface area contributed by atoms with Crippen molar-refractivity contribution < 1.29 is 32.9 Å². The number of nitrogens with zero attached hydrogens (tertiary/aromatic N) is 1. The van der Waals surface area contributed by atoms with Gasteiger partial charge in [-0.15, -0.1) is 0 Å². The summed E-state index contributed by atoms with van der Waals surface area (Å²) in [5.74, 6) is -0.225. The number of allylic oxidation sites excluding steroid dienone is 14. The Labute approximate surface area is 388 Å². The van der Waals surface area contributed by atoms with Crippen LogP contribution in [0.3, 0.4) is 0 Å². The number of hydrogen-bond acceptors (Lipinski definition) is 6. The molecule has 0 radical (unpaired) electrons. The molecule has 0 aliphatic heterocycles. The van der Waals surface area contributed by atoms with Gasteiger partial charge >= 0.3 is 0 Å². The fraction of sp³-hybridized carbons (Fsp3) is 0.722. The van der Waals surface area contributed by atoms with Crippen LogP contribution in [-0.2, 0) is 18.4 Å². The summed E-state index contributed by atoms with van der Waals surface area (Å²) >= 11 is 0. The number of likely N-dealkylation sites (N-methyl/N-ethyl adjacent to an activating group) is 1. The molecule has 0 aliphatic rings. The Morgan fingerprint density at radius 1 is 0.571 bits per heavy atom. The third kappa shape index (κ3) is 47.5.